The third kappa shape index (κ3) is 2.87. The molecular weight excluding hydrogens is 252 g/mol. The molecule has 0 atom stereocenters. The molecule has 0 unspecified atom stereocenters. The Labute approximate surface area is 110 Å². The lowest BCUT2D eigenvalue weighted by Gasteiger charge is -2.09. The first-order chi connectivity index (χ1) is 8.70. The van der Waals surface area contributed by atoms with E-state index in [0.717, 1.165) is 11.3 Å². The van der Waals surface area contributed by atoms with Crippen molar-refractivity contribution >= 4 is 17.4 Å². The van der Waals surface area contributed by atoms with Crippen LogP contribution in [0.3, 0.4) is 0 Å². The maximum atomic E-state index is 6.00. The number of methoxy groups -OCH3 is 1. The minimum atomic E-state index is 0.277. The van der Waals surface area contributed by atoms with E-state index in [4.69, 9.17) is 16.3 Å². The minimum absolute atomic E-state index is 0.277. The molecule has 0 aliphatic rings. The van der Waals surface area contributed by atoms with E-state index in [9.17, 15) is 0 Å². The van der Waals surface area contributed by atoms with E-state index in [1.807, 2.05) is 19.1 Å². The van der Waals surface area contributed by atoms with Gasteiger partial charge in [0.25, 0.3) is 0 Å². The topological polar surface area (TPSA) is 59.9 Å². The van der Waals surface area contributed by atoms with E-state index in [2.05, 4.69) is 20.3 Å². The zero-order chi connectivity index (χ0) is 13.0. The van der Waals surface area contributed by atoms with Crippen LogP contribution >= 0.6 is 11.6 Å². The fourth-order valence-corrected chi connectivity index (χ4v) is 1.60. The molecule has 1 N–H and O–H groups in total. The molecule has 18 heavy (non-hydrogen) atoms. The molecule has 0 aromatic carbocycles. The van der Waals surface area contributed by atoms with E-state index in [0.29, 0.717) is 17.4 Å². The summed E-state index contributed by atoms with van der Waals surface area (Å²) in [7, 11) is 1.51. The molecule has 2 aromatic rings. The molecule has 0 fully saturated rings. The Bertz CT molecular complexity index is 547. The van der Waals surface area contributed by atoms with Gasteiger partial charge in [0, 0.05) is 6.20 Å². The summed E-state index contributed by atoms with van der Waals surface area (Å²) in [4.78, 5) is 12.3. The van der Waals surface area contributed by atoms with E-state index in [-0.39, 0.29) is 6.01 Å². The maximum Gasteiger partial charge on any atom is 0.318 e. The van der Waals surface area contributed by atoms with Gasteiger partial charge in [0.2, 0.25) is 0 Å². The Kier molecular flexibility index (Phi) is 3.94. The molecular formula is C12H13ClN4O. The van der Waals surface area contributed by atoms with Crippen molar-refractivity contribution < 1.29 is 4.74 Å². The first-order valence-electron chi connectivity index (χ1n) is 5.41. The fraction of sp³-hybridized carbons (Fsp3) is 0.250. The van der Waals surface area contributed by atoms with Crippen LogP contribution in [0.4, 0.5) is 5.82 Å². The number of halogens is 1. The molecule has 0 saturated heterocycles. The minimum Gasteiger partial charge on any atom is -0.467 e. The number of aromatic nitrogens is 3. The van der Waals surface area contributed by atoms with Crippen LogP contribution in [0.2, 0.25) is 5.02 Å². The van der Waals surface area contributed by atoms with Crippen LogP contribution in [-0.2, 0) is 6.54 Å². The molecule has 0 radical (unpaired) electrons. The van der Waals surface area contributed by atoms with Gasteiger partial charge in [0.05, 0.1) is 25.5 Å². The van der Waals surface area contributed by atoms with Crippen molar-refractivity contribution in [2.75, 3.05) is 12.4 Å². The first-order valence-corrected chi connectivity index (χ1v) is 5.79. The third-order valence-electron chi connectivity index (χ3n) is 2.45. The summed E-state index contributed by atoms with van der Waals surface area (Å²) in [6, 6.07) is 4.19. The second-order valence-corrected chi connectivity index (χ2v) is 4.08. The van der Waals surface area contributed by atoms with Crippen LogP contribution in [-0.4, -0.2) is 22.1 Å². The number of aryl methyl sites for hydroxylation is 1. The van der Waals surface area contributed by atoms with Crippen LogP contribution in [0, 0.1) is 6.92 Å². The summed E-state index contributed by atoms with van der Waals surface area (Å²) in [6.45, 7) is 2.55. The molecule has 0 bridgehead atoms. The van der Waals surface area contributed by atoms with Crippen LogP contribution in [0.25, 0.3) is 0 Å². The highest BCUT2D eigenvalue weighted by atomic mass is 35.5. The van der Waals surface area contributed by atoms with Gasteiger partial charge >= 0.3 is 6.01 Å². The standard InChI is InChI=1S/C12H13ClN4O/c1-8-4-3-5-14-10(8)7-15-11-9(13)6-16-12(17-11)18-2/h3-6H,7H2,1-2H3,(H,15,16,17). The second kappa shape index (κ2) is 5.64. The van der Waals surface area contributed by atoms with E-state index in [1.54, 1.807) is 6.20 Å². The van der Waals surface area contributed by atoms with Gasteiger partial charge in [-0.1, -0.05) is 17.7 Å². The van der Waals surface area contributed by atoms with Crippen molar-refractivity contribution in [2.45, 2.75) is 13.5 Å². The van der Waals surface area contributed by atoms with Crippen molar-refractivity contribution in [2.24, 2.45) is 0 Å². The van der Waals surface area contributed by atoms with Gasteiger partial charge in [-0.15, -0.1) is 0 Å². The average Bonchev–Trinajstić information content (AvgIpc) is 2.39. The molecule has 2 heterocycles. The highest BCUT2D eigenvalue weighted by Gasteiger charge is 2.06. The number of hydrogen-bond donors (Lipinski definition) is 1. The smallest absolute Gasteiger partial charge is 0.318 e. The van der Waals surface area contributed by atoms with Crippen LogP contribution < -0.4 is 10.1 Å². The zero-order valence-corrected chi connectivity index (χ0v) is 10.9. The van der Waals surface area contributed by atoms with Gasteiger partial charge in [-0.05, 0) is 18.6 Å². The lowest BCUT2D eigenvalue weighted by Crippen LogP contribution is -2.06. The summed E-state index contributed by atoms with van der Waals surface area (Å²) in [5.74, 6) is 0.536. The molecule has 0 amide bonds. The lowest BCUT2D eigenvalue weighted by molar-refractivity contribution is 0.380. The number of hydrogen-bond acceptors (Lipinski definition) is 5. The molecule has 5 nitrogen and oxygen atoms in total. The average molecular weight is 265 g/mol. The van der Waals surface area contributed by atoms with Crippen LogP contribution in [0.1, 0.15) is 11.3 Å². The molecule has 0 saturated carbocycles. The number of nitrogens with zero attached hydrogens (tertiary/aromatic N) is 3. The Morgan fingerprint density at radius 1 is 1.39 bits per heavy atom. The molecule has 0 aliphatic heterocycles. The van der Waals surface area contributed by atoms with Gasteiger partial charge in [0.15, 0.2) is 5.82 Å². The summed E-state index contributed by atoms with van der Waals surface area (Å²) in [6.07, 6.45) is 3.26. The molecule has 6 heteroatoms. The van der Waals surface area contributed by atoms with Gasteiger partial charge in [-0.25, -0.2) is 4.98 Å². The van der Waals surface area contributed by atoms with Crippen LogP contribution in [0.15, 0.2) is 24.5 Å². The monoisotopic (exact) mass is 264 g/mol. The Balaban J connectivity index is 2.13. The van der Waals surface area contributed by atoms with Crippen molar-refractivity contribution in [3.05, 3.63) is 40.8 Å². The van der Waals surface area contributed by atoms with E-state index < -0.39 is 0 Å². The molecule has 0 aliphatic carbocycles. The predicted molar refractivity (Wildman–Crippen MR) is 69.9 cm³/mol. The molecule has 2 aromatic heterocycles. The summed E-state index contributed by atoms with van der Waals surface area (Å²) >= 11 is 6.00. The molecule has 2 rings (SSSR count). The largest absolute Gasteiger partial charge is 0.467 e. The van der Waals surface area contributed by atoms with Crippen LogP contribution in [0.5, 0.6) is 6.01 Å². The molecule has 0 spiro atoms. The zero-order valence-electron chi connectivity index (χ0n) is 10.1. The normalized spacial score (nSPS) is 10.2. The number of rotatable bonds is 4. The Morgan fingerprint density at radius 3 is 2.94 bits per heavy atom. The Morgan fingerprint density at radius 2 is 2.22 bits per heavy atom. The highest BCUT2D eigenvalue weighted by Crippen LogP contribution is 2.20. The SMILES string of the molecule is COc1ncc(Cl)c(NCc2ncccc2C)n1. The van der Waals surface area contributed by atoms with Crippen molar-refractivity contribution in [3.63, 3.8) is 0 Å². The van der Waals surface area contributed by atoms with E-state index >= 15 is 0 Å². The third-order valence-corrected chi connectivity index (χ3v) is 2.72. The molecule has 94 valence electrons. The lowest BCUT2D eigenvalue weighted by atomic mass is 10.2. The predicted octanol–water partition coefficient (Wildman–Crippen LogP) is 2.45. The number of pyridine rings is 1. The number of anilines is 1. The van der Waals surface area contributed by atoms with Gasteiger partial charge in [-0.2, -0.15) is 4.98 Å². The van der Waals surface area contributed by atoms with Crippen molar-refractivity contribution in [1.29, 1.82) is 0 Å². The fourth-order valence-electron chi connectivity index (χ4n) is 1.44. The maximum absolute atomic E-state index is 6.00. The second-order valence-electron chi connectivity index (χ2n) is 3.67. The number of nitrogens with one attached hydrogen (secondary N) is 1. The van der Waals surface area contributed by atoms with Crippen molar-refractivity contribution in [1.82, 2.24) is 15.0 Å². The van der Waals surface area contributed by atoms with Gasteiger partial charge < -0.3 is 10.1 Å². The van der Waals surface area contributed by atoms with Gasteiger partial charge in [0.1, 0.15) is 5.02 Å². The Hall–Kier alpha value is -1.88. The summed E-state index contributed by atoms with van der Waals surface area (Å²) in [5.41, 5.74) is 2.06. The highest BCUT2D eigenvalue weighted by molar-refractivity contribution is 6.32. The first kappa shape index (κ1) is 12.6. The number of ether oxygens (including phenoxy) is 1. The quantitative estimate of drug-likeness (QED) is 0.919. The van der Waals surface area contributed by atoms with Crippen molar-refractivity contribution in [3.8, 4) is 6.01 Å². The summed E-state index contributed by atoms with van der Waals surface area (Å²) < 4.78 is 4.95. The van der Waals surface area contributed by atoms with E-state index in [1.165, 1.54) is 13.3 Å². The summed E-state index contributed by atoms with van der Waals surface area (Å²) in [5, 5.41) is 3.57. The van der Waals surface area contributed by atoms with Gasteiger partial charge in [-0.3, -0.25) is 4.98 Å².